The second kappa shape index (κ2) is 30.7. The predicted octanol–water partition coefficient (Wildman–Crippen LogP) is -0.722. The Morgan fingerprint density at radius 3 is 2.04 bits per heavy atom. The molecule has 0 bridgehead atoms. The minimum absolute atomic E-state index is 0.0242. The fourth-order valence-electron chi connectivity index (χ4n) is 10.1. The third kappa shape index (κ3) is 19.2. The Hall–Kier alpha value is -8.74. The average Bonchev–Trinajstić information content (AvgIpc) is 4.08. The molecular weight excluding hydrogens is 1080 g/mol. The Balaban J connectivity index is 1.40. The molecule has 0 aliphatic carbocycles. The number of primary amides is 1. The monoisotopic (exact) mass is 1150 g/mol. The van der Waals surface area contributed by atoms with E-state index in [0.29, 0.717) is 22.6 Å². The maximum atomic E-state index is 15.2. The van der Waals surface area contributed by atoms with Gasteiger partial charge in [0, 0.05) is 68.1 Å². The maximum absolute atomic E-state index is 15.2. The van der Waals surface area contributed by atoms with Crippen LogP contribution in [0.5, 0.6) is 0 Å². The van der Waals surface area contributed by atoms with Gasteiger partial charge in [0.05, 0.1) is 6.42 Å². The number of amides is 9. The number of carbonyl (C=O) groups is 9. The molecule has 8 unspecified atom stereocenters. The summed E-state index contributed by atoms with van der Waals surface area (Å²) >= 11 is 6.23. The van der Waals surface area contributed by atoms with E-state index < -0.39 is 102 Å². The van der Waals surface area contributed by atoms with E-state index >= 15 is 9.59 Å². The number of halogens is 1. The van der Waals surface area contributed by atoms with Crippen LogP contribution in [0.25, 0.3) is 10.9 Å². The summed E-state index contributed by atoms with van der Waals surface area (Å²) in [5.41, 5.74) is 31.0. The molecule has 440 valence electrons. The van der Waals surface area contributed by atoms with E-state index in [9.17, 15) is 33.6 Å². The zero-order valence-electron chi connectivity index (χ0n) is 45.8. The number of aromatic nitrogens is 1. The molecule has 8 atom stereocenters. The summed E-state index contributed by atoms with van der Waals surface area (Å²) in [6.45, 7) is 1.39. The standard InChI is InChI=1S/C56H75ClN16O9/c1-32(74)67-41(16-9-23-64-55(59)60)49(77)72-45-29-47(75)63-22-8-7-15-40(48(58)76)68-52(80)44(28-36-30-66-39-14-6-5-13-38(36)39)70-50(78)42(17-10-24-65-56(61)62)69-51(79)43(26-33-11-3-2-4-12-33)71-53(81)46-27-35(31-73(46)54(45)82)25-34-18-20-37(57)21-19-34/h2-6,11-14,18-21,30,35,40-46,66H,7-10,15-17,22-29,31H2,1H3,(H2,58,76)(H,63,75)(H,67,74)(H,68,80)(H,69,79)(H,70,78)(H,71,81)(H,72,77)(H4,59,60,64)(H4,61,62,65). The van der Waals surface area contributed by atoms with E-state index in [1.54, 1.807) is 48.7 Å². The molecule has 9 amide bonds. The number of para-hydroxylation sites is 1. The summed E-state index contributed by atoms with van der Waals surface area (Å²) < 4.78 is 0. The highest BCUT2D eigenvalue weighted by molar-refractivity contribution is 6.30. The molecular formula is C56H75ClN16O9. The molecule has 3 aromatic carbocycles. The number of benzene rings is 3. The molecule has 1 aromatic heterocycles. The molecule has 0 saturated carbocycles. The summed E-state index contributed by atoms with van der Waals surface area (Å²) in [5.74, 6) is -7.52. The predicted molar refractivity (Wildman–Crippen MR) is 309 cm³/mol. The molecule has 0 spiro atoms. The van der Waals surface area contributed by atoms with Crippen molar-refractivity contribution in [1.82, 2.24) is 47.1 Å². The van der Waals surface area contributed by atoms with E-state index in [4.69, 9.17) is 40.3 Å². The Labute approximate surface area is 479 Å². The van der Waals surface area contributed by atoms with Gasteiger partial charge in [0.1, 0.15) is 42.3 Å². The lowest BCUT2D eigenvalue weighted by atomic mass is 9.96. The Kier molecular flexibility index (Phi) is 23.4. The van der Waals surface area contributed by atoms with Crippen LogP contribution in [-0.2, 0) is 62.4 Å². The first-order valence-electron chi connectivity index (χ1n) is 27.3. The van der Waals surface area contributed by atoms with E-state index in [1.165, 1.54) is 11.8 Å². The lowest BCUT2D eigenvalue weighted by Gasteiger charge is -2.31. The van der Waals surface area contributed by atoms with Crippen LogP contribution in [0, 0.1) is 5.92 Å². The number of guanidine groups is 2. The number of nitrogens with zero attached hydrogens (tertiary/aromatic N) is 3. The van der Waals surface area contributed by atoms with Gasteiger partial charge >= 0.3 is 0 Å². The third-order valence-electron chi connectivity index (χ3n) is 14.2. The quantitative estimate of drug-likeness (QED) is 0.0333. The van der Waals surface area contributed by atoms with Crippen LogP contribution in [0.4, 0.5) is 0 Å². The van der Waals surface area contributed by atoms with Crippen LogP contribution in [0.3, 0.4) is 0 Å². The van der Waals surface area contributed by atoms with Crippen molar-refractivity contribution in [3.05, 3.63) is 107 Å². The molecule has 0 radical (unpaired) electrons. The topological polar surface area (TPSA) is 412 Å². The molecule has 2 aliphatic rings. The van der Waals surface area contributed by atoms with Gasteiger partial charge in [-0.1, -0.05) is 72.3 Å². The summed E-state index contributed by atoms with van der Waals surface area (Å²) in [6.07, 6.45) is 2.32. The molecule has 3 heterocycles. The van der Waals surface area contributed by atoms with E-state index in [1.807, 2.05) is 36.4 Å². The smallest absolute Gasteiger partial charge is 0.246 e. The van der Waals surface area contributed by atoms with Crippen molar-refractivity contribution in [2.75, 3.05) is 26.2 Å². The number of H-pyrrole nitrogens is 1. The van der Waals surface area contributed by atoms with Gasteiger partial charge in [0.15, 0.2) is 11.9 Å². The minimum atomic E-state index is -1.60. The summed E-state index contributed by atoms with van der Waals surface area (Å²) in [6, 6.07) is 13.8. The highest BCUT2D eigenvalue weighted by Crippen LogP contribution is 2.29. The van der Waals surface area contributed by atoms with Gasteiger partial charge < -0.3 is 75.8 Å². The van der Waals surface area contributed by atoms with Crippen molar-refractivity contribution in [1.29, 1.82) is 0 Å². The number of nitrogens with one attached hydrogen (secondary N) is 8. The summed E-state index contributed by atoms with van der Waals surface area (Å²) in [7, 11) is 0. The largest absolute Gasteiger partial charge is 0.370 e. The maximum Gasteiger partial charge on any atom is 0.246 e. The minimum Gasteiger partial charge on any atom is -0.370 e. The Bertz CT molecular complexity index is 2950. The summed E-state index contributed by atoms with van der Waals surface area (Å²) in [4.78, 5) is 140. The van der Waals surface area contributed by atoms with E-state index in [2.05, 4.69) is 52.2 Å². The van der Waals surface area contributed by atoms with Gasteiger partial charge in [-0.25, -0.2) is 0 Å². The van der Waals surface area contributed by atoms with Gasteiger partial charge in [0.25, 0.3) is 0 Å². The fraction of sp³-hybridized carbons (Fsp3) is 0.446. The number of hydrogen-bond acceptors (Lipinski definition) is 11. The number of fused-ring (bicyclic) bond motifs is 2. The first-order chi connectivity index (χ1) is 39.2. The molecule has 2 saturated heterocycles. The Morgan fingerprint density at radius 2 is 1.34 bits per heavy atom. The number of rotatable bonds is 18. The molecule has 82 heavy (non-hydrogen) atoms. The van der Waals surface area contributed by atoms with Crippen molar-refractivity contribution in [3.8, 4) is 0 Å². The van der Waals surface area contributed by atoms with E-state index in [-0.39, 0.29) is 108 Å². The lowest BCUT2D eigenvalue weighted by Crippen LogP contribution is -2.60. The van der Waals surface area contributed by atoms with E-state index in [0.717, 1.165) is 16.5 Å². The number of hydrogen-bond donors (Lipinski definition) is 13. The van der Waals surface area contributed by atoms with Gasteiger partial charge in [-0.3, -0.25) is 53.1 Å². The molecule has 2 fully saturated rings. The molecule has 6 rings (SSSR count). The molecule has 2 aliphatic heterocycles. The first-order valence-corrected chi connectivity index (χ1v) is 27.7. The number of aliphatic imine (C=N–C) groups is 2. The number of nitrogens with two attached hydrogens (primary N) is 5. The first kappa shape index (κ1) is 62.5. The van der Waals surface area contributed by atoms with Crippen LogP contribution in [0.2, 0.25) is 5.02 Å². The van der Waals surface area contributed by atoms with Crippen LogP contribution in [-0.4, -0.2) is 143 Å². The lowest BCUT2D eigenvalue weighted by molar-refractivity contribution is -0.143. The van der Waals surface area contributed by atoms with Crippen molar-refractivity contribution in [3.63, 3.8) is 0 Å². The SMILES string of the molecule is CC(=O)NC(CCCN=C(N)N)C(=O)NC1CC(=O)NCCCCC(C(N)=O)NC(=O)C(Cc2c[nH]c3ccccc23)NC(=O)C(CCCN=C(N)N)NC(=O)C(Cc2ccccc2)NC(=O)C2CC(Cc3ccc(Cl)cc3)CN2C1=O. The normalized spacial score (nSPS) is 22.0. The Morgan fingerprint density at radius 1 is 0.720 bits per heavy atom. The van der Waals surface area contributed by atoms with Crippen LogP contribution >= 0.6 is 11.6 Å². The van der Waals surface area contributed by atoms with Gasteiger partial charge in [-0.05, 0) is 98.6 Å². The van der Waals surface area contributed by atoms with Crippen molar-refractivity contribution < 1.29 is 43.2 Å². The van der Waals surface area contributed by atoms with Gasteiger partial charge in [-0.2, -0.15) is 0 Å². The molecule has 18 N–H and O–H groups in total. The number of carbonyl (C=O) groups excluding carboxylic acids is 9. The highest BCUT2D eigenvalue weighted by atomic mass is 35.5. The average molecular weight is 1150 g/mol. The van der Waals surface area contributed by atoms with Crippen LogP contribution in [0.15, 0.2) is 95.0 Å². The summed E-state index contributed by atoms with van der Waals surface area (Å²) in [5, 5.41) is 20.5. The zero-order chi connectivity index (χ0) is 59.3. The fourth-order valence-corrected chi connectivity index (χ4v) is 10.2. The second-order valence-electron chi connectivity index (χ2n) is 20.6. The van der Waals surface area contributed by atoms with Gasteiger partial charge in [0.2, 0.25) is 53.2 Å². The van der Waals surface area contributed by atoms with Crippen LogP contribution < -0.4 is 65.9 Å². The second-order valence-corrected chi connectivity index (χ2v) is 21.0. The van der Waals surface area contributed by atoms with Gasteiger partial charge in [-0.15, -0.1) is 0 Å². The highest BCUT2D eigenvalue weighted by Gasteiger charge is 2.44. The molecule has 26 heteroatoms. The zero-order valence-corrected chi connectivity index (χ0v) is 46.6. The van der Waals surface area contributed by atoms with Crippen molar-refractivity contribution >= 4 is 87.6 Å². The third-order valence-corrected chi connectivity index (χ3v) is 14.4. The molecule has 25 nitrogen and oxygen atoms in total. The number of aromatic amines is 1. The molecule has 4 aromatic rings. The van der Waals surface area contributed by atoms with Crippen molar-refractivity contribution in [2.45, 2.75) is 126 Å². The van der Waals surface area contributed by atoms with Crippen molar-refractivity contribution in [2.24, 2.45) is 44.6 Å². The van der Waals surface area contributed by atoms with Crippen LogP contribution in [0.1, 0.15) is 81.4 Å².